The second-order valence-corrected chi connectivity index (χ2v) is 11.3. The van der Waals surface area contributed by atoms with E-state index in [0.717, 1.165) is 48.9 Å². The highest BCUT2D eigenvalue weighted by Gasteiger charge is 2.42. The molecule has 6 nitrogen and oxygen atoms in total. The lowest BCUT2D eigenvalue weighted by atomic mass is 9.87. The van der Waals surface area contributed by atoms with Crippen LogP contribution in [0.5, 0.6) is 5.75 Å². The summed E-state index contributed by atoms with van der Waals surface area (Å²) >= 11 is 0. The van der Waals surface area contributed by atoms with Crippen LogP contribution in [0.2, 0.25) is 0 Å². The molecule has 1 atom stereocenters. The number of carbonyl (C=O) groups excluding carboxylic acids is 1. The first-order valence-corrected chi connectivity index (χ1v) is 14.0. The summed E-state index contributed by atoms with van der Waals surface area (Å²) in [7, 11) is 3.34. The number of likely N-dealkylation sites (N-methyl/N-ethyl adjacent to an activating group) is 1. The summed E-state index contributed by atoms with van der Waals surface area (Å²) in [5.74, 6) is -1.13. The van der Waals surface area contributed by atoms with Gasteiger partial charge >= 0.3 is 6.18 Å². The molecule has 42 heavy (non-hydrogen) atoms. The Hall–Kier alpha value is -3.63. The first-order valence-electron chi connectivity index (χ1n) is 14.0. The number of hydrogen-bond acceptors (Lipinski definition) is 4. The fraction of sp³-hybridized carbons (Fsp3) is 0.484. The second kappa shape index (κ2) is 12.7. The lowest BCUT2D eigenvalue weighted by molar-refractivity contribution is -0.143. The Morgan fingerprint density at radius 1 is 1.02 bits per heavy atom. The predicted octanol–water partition coefficient (Wildman–Crippen LogP) is 7.00. The normalized spacial score (nSPS) is 15.7. The van der Waals surface area contributed by atoms with Crippen molar-refractivity contribution in [2.24, 2.45) is 5.92 Å². The fourth-order valence-corrected chi connectivity index (χ4v) is 5.80. The van der Waals surface area contributed by atoms with E-state index in [1.165, 1.54) is 19.1 Å². The molecule has 0 spiro atoms. The highest BCUT2D eigenvalue weighted by molar-refractivity contribution is 5.77. The molecule has 0 saturated heterocycles. The standard InChI is InChI=1S/C31H37F5N4O2/c1-21-14-28(31(34,35)36)37-40(21)20-29(41)39(19-22-8-6-5-7-9-22)30(2,18-23-15-24(32)17-25(33)16-23)38(3)26-10-12-27(42-4)13-11-26/h10-17,22H,5-9,18-20H2,1-4H3/t30-/m0/s1. The lowest BCUT2D eigenvalue weighted by Crippen LogP contribution is -2.63. The van der Waals surface area contributed by atoms with Crippen molar-refractivity contribution in [1.82, 2.24) is 14.7 Å². The molecule has 2 aromatic carbocycles. The summed E-state index contributed by atoms with van der Waals surface area (Å²) in [5, 5.41) is 3.68. The highest BCUT2D eigenvalue weighted by atomic mass is 19.4. The van der Waals surface area contributed by atoms with Crippen molar-refractivity contribution in [3.05, 3.63) is 77.1 Å². The van der Waals surface area contributed by atoms with Crippen molar-refractivity contribution in [3.63, 3.8) is 0 Å². The zero-order chi connectivity index (χ0) is 30.7. The number of methoxy groups -OCH3 is 1. The first kappa shape index (κ1) is 31.3. The van der Waals surface area contributed by atoms with Crippen LogP contribution in [-0.2, 0) is 23.9 Å². The third kappa shape index (κ3) is 7.22. The van der Waals surface area contributed by atoms with Crippen LogP contribution in [0.4, 0.5) is 27.6 Å². The Bertz CT molecular complexity index is 1350. The van der Waals surface area contributed by atoms with Gasteiger partial charge in [-0.2, -0.15) is 18.3 Å². The van der Waals surface area contributed by atoms with Gasteiger partial charge in [-0.1, -0.05) is 19.3 Å². The molecular weight excluding hydrogens is 555 g/mol. The van der Waals surface area contributed by atoms with Gasteiger partial charge in [0.05, 0.1) is 7.11 Å². The molecule has 1 aliphatic rings. The van der Waals surface area contributed by atoms with Gasteiger partial charge in [0.15, 0.2) is 5.69 Å². The monoisotopic (exact) mass is 592 g/mol. The number of alkyl halides is 3. The van der Waals surface area contributed by atoms with Crippen molar-refractivity contribution < 1.29 is 31.5 Å². The molecule has 4 rings (SSSR count). The first-order chi connectivity index (χ1) is 19.8. The number of aromatic nitrogens is 2. The minimum absolute atomic E-state index is 0.0502. The molecule has 1 aliphatic carbocycles. The van der Waals surface area contributed by atoms with Gasteiger partial charge in [-0.25, -0.2) is 8.78 Å². The van der Waals surface area contributed by atoms with E-state index in [1.807, 2.05) is 24.0 Å². The van der Waals surface area contributed by atoms with E-state index in [1.54, 1.807) is 31.2 Å². The molecule has 0 N–H and O–H groups in total. The second-order valence-electron chi connectivity index (χ2n) is 11.3. The smallest absolute Gasteiger partial charge is 0.435 e. The molecular formula is C31H37F5N4O2. The Labute approximate surface area is 243 Å². The Balaban J connectivity index is 1.79. The van der Waals surface area contributed by atoms with E-state index in [4.69, 9.17) is 4.74 Å². The number of aryl methyl sites for hydroxylation is 1. The molecule has 0 unspecified atom stereocenters. The minimum Gasteiger partial charge on any atom is -0.497 e. The molecule has 0 aliphatic heterocycles. The molecule has 1 saturated carbocycles. The Morgan fingerprint density at radius 2 is 1.64 bits per heavy atom. The van der Waals surface area contributed by atoms with Crippen LogP contribution in [0.15, 0.2) is 48.5 Å². The van der Waals surface area contributed by atoms with Crippen molar-refractivity contribution in [1.29, 1.82) is 0 Å². The summed E-state index contributed by atoms with van der Waals surface area (Å²) in [6.45, 7) is 3.20. The number of ether oxygens (including phenoxy) is 1. The average molecular weight is 593 g/mol. The van der Waals surface area contributed by atoms with E-state index >= 15 is 0 Å². The van der Waals surface area contributed by atoms with Gasteiger partial charge in [-0.15, -0.1) is 0 Å². The highest BCUT2D eigenvalue weighted by Crippen LogP contribution is 2.35. The largest absolute Gasteiger partial charge is 0.497 e. The number of carbonyl (C=O) groups is 1. The van der Waals surface area contributed by atoms with E-state index in [2.05, 4.69) is 5.10 Å². The number of nitrogens with zero attached hydrogens (tertiary/aromatic N) is 4. The number of anilines is 1. The molecule has 0 radical (unpaired) electrons. The number of halogens is 5. The van der Waals surface area contributed by atoms with Crippen LogP contribution < -0.4 is 9.64 Å². The maximum absolute atomic E-state index is 14.3. The molecule has 1 heterocycles. The van der Waals surface area contributed by atoms with Crippen molar-refractivity contribution in [3.8, 4) is 5.75 Å². The zero-order valence-electron chi connectivity index (χ0n) is 24.3. The molecule has 0 bridgehead atoms. The van der Waals surface area contributed by atoms with E-state index in [0.29, 0.717) is 23.5 Å². The zero-order valence-corrected chi connectivity index (χ0v) is 24.3. The minimum atomic E-state index is -4.65. The van der Waals surface area contributed by atoms with E-state index < -0.39 is 41.6 Å². The van der Waals surface area contributed by atoms with Crippen molar-refractivity contribution in [2.75, 3.05) is 25.6 Å². The molecule has 1 aromatic heterocycles. The van der Waals surface area contributed by atoms with Crippen LogP contribution in [0, 0.1) is 24.5 Å². The van der Waals surface area contributed by atoms with Crippen LogP contribution in [-0.4, -0.2) is 47.0 Å². The third-order valence-corrected chi connectivity index (χ3v) is 8.25. The maximum atomic E-state index is 14.3. The van der Waals surface area contributed by atoms with Crippen molar-refractivity contribution >= 4 is 11.6 Å². The van der Waals surface area contributed by atoms with Gasteiger partial charge in [-0.05, 0) is 80.6 Å². The quantitative estimate of drug-likeness (QED) is 0.188. The Morgan fingerprint density at radius 3 is 2.19 bits per heavy atom. The SMILES string of the molecule is COc1ccc(N(C)[C@](C)(Cc2cc(F)cc(F)c2)N(CC2CCCCC2)C(=O)Cn2nc(C(F)(F)F)cc2C)cc1. The van der Waals surface area contributed by atoms with Crippen LogP contribution in [0.3, 0.4) is 0 Å². The molecule has 1 amide bonds. The number of amides is 1. The molecule has 228 valence electrons. The maximum Gasteiger partial charge on any atom is 0.435 e. The topological polar surface area (TPSA) is 50.6 Å². The number of hydrogen-bond donors (Lipinski definition) is 0. The van der Waals surface area contributed by atoms with Gasteiger partial charge in [0.1, 0.15) is 29.6 Å². The summed E-state index contributed by atoms with van der Waals surface area (Å²) in [6, 6.07) is 11.4. The third-order valence-electron chi connectivity index (χ3n) is 8.25. The van der Waals surface area contributed by atoms with Crippen LogP contribution >= 0.6 is 0 Å². The number of rotatable bonds is 10. The fourth-order valence-electron chi connectivity index (χ4n) is 5.80. The van der Waals surface area contributed by atoms with Gasteiger partial charge in [0.25, 0.3) is 0 Å². The summed E-state index contributed by atoms with van der Waals surface area (Å²) in [5.41, 5.74) is -0.986. The molecule has 3 aromatic rings. The summed E-state index contributed by atoms with van der Waals surface area (Å²) in [4.78, 5) is 17.7. The summed E-state index contributed by atoms with van der Waals surface area (Å²) < 4.78 is 75.1. The van der Waals surface area contributed by atoms with Crippen LogP contribution in [0.1, 0.15) is 56.0 Å². The predicted molar refractivity (Wildman–Crippen MR) is 150 cm³/mol. The van der Waals surface area contributed by atoms with Crippen LogP contribution in [0.25, 0.3) is 0 Å². The molecule has 1 fully saturated rings. The van der Waals surface area contributed by atoms with Gasteiger partial charge in [0.2, 0.25) is 5.91 Å². The summed E-state index contributed by atoms with van der Waals surface area (Å²) in [6.07, 6.45) is 0.336. The average Bonchev–Trinajstić information content (AvgIpc) is 3.31. The van der Waals surface area contributed by atoms with E-state index in [9.17, 15) is 26.7 Å². The van der Waals surface area contributed by atoms with Gasteiger partial charge < -0.3 is 14.5 Å². The lowest BCUT2D eigenvalue weighted by Gasteiger charge is -2.50. The van der Waals surface area contributed by atoms with E-state index in [-0.39, 0.29) is 18.0 Å². The Kier molecular flexibility index (Phi) is 9.47. The van der Waals surface area contributed by atoms with Gasteiger partial charge in [-0.3, -0.25) is 9.48 Å². The molecule has 11 heteroatoms. The van der Waals surface area contributed by atoms with Gasteiger partial charge in [0, 0.05) is 37.5 Å². The van der Waals surface area contributed by atoms with Crippen molar-refractivity contribution in [2.45, 2.75) is 70.8 Å². The number of benzene rings is 2.